The summed E-state index contributed by atoms with van der Waals surface area (Å²) in [5.74, 6) is 0.179. The fourth-order valence-corrected chi connectivity index (χ4v) is 2.06. The molecule has 0 saturated carbocycles. The zero-order chi connectivity index (χ0) is 10.2. The van der Waals surface area contributed by atoms with Crippen molar-refractivity contribution in [3.05, 3.63) is 35.4 Å². The van der Waals surface area contributed by atoms with E-state index < -0.39 is 5.60 Å². The first-order valence-electron chi connectivity index (χ1n) is 4.85. The summed E-state index contributed by atoms with van der Waals surface area (Å²) < 4.78 is 5.37. The van der Waals surface area contributed by atoms with E-state index in [4.69, 9.17) is 4.74 Å². The third-order valence-electron chi connectivity index (χ3n) is 3.09. The van der Waals surface area contributed by atoms with Crippen LogP contribution in [0, 0.1) is 0 Å². The molecule has 2 heteroatoms. The van der Waals surface area contributed by atoms with E-state index in [2.05, 4.69) is 6.07 Å². The molecule has 14 heavy (non-hydrogen) atoms. The zero-order valence-electron chi connectivity index (χ0n) is 8.54. The highest BCUT2D eigenvalue weighted by Crippen LogP contribution is 2.34. The summed E-state index contributed by atoms with van der Waals surface area (Å²) in [4.78, 5) is 11.8. The van der Waals surface area contributed by atoms with Gasteiger partial charge in [0, 0.05) is 13.5 Å². The Kier molecular flexibility index (Phi) is 2.16. The van der Waals surface area contributed by atoms with Crippen LogP contribution in [-0.2, 0) is 21.6 Å². The normalized spacial score (nSPS) is 26.0. The second-order valence-electron chi connectivity index (χ2n) is 3.82. The van der Waals surface area contributed by atoms with Crippen molar-refractivity contribution in [3.8, 4) is 0 Å². The summed E-state index contributed by atoms with van der Waals surface area (Å²) in [5.41, 5.74) is 1.53. The second kappa shape index (κ2) is 3.21. The zero-order valence-corrected chi connectivity index (χ0v) is 8.54. The van der Waals surface area contributed by atoms with Crippen molar-refractivity contribution in [2.45, 2.75) is 25.4 Å². The van der Waals surface area contributed by atoms with E-state index in [0.29, 0.717) is 6.42 Å². The van der Waals surface area contributed by atoms with Crippen LogP contribution in [-0.4, -0.2) is 12.9 Å². The number of ether oxygens (including phenoxy) is 1. The van der Waals surface area contributed by atoms with Gasteiger partial charge in [0.05, 0.1) is 0 Å². The Morgan fingerprint density at radius 3 is 2.71 bits per heavy atom. The first kappa shape index (κ1) is 9.41. The van der Waals surface area contributed by atoms with E-state index in [-0.39, 0.29) is 5.78 Å². The van der Waals surface area contributed by atoms with Crippen LogP contribution in [0.5, 0.6) is 0 Å². The van der Waals surface area contributed by atoms with Gasteiger partial charge in [0.2, 0.25) is 0 Å². The van der Waals surface area contributed by atoms with Gasteiger partial charge >= 0.3 is 0 Å². The molecule has 0 spiro atoms. The van der Waals surface area contributed by atoms with Crippen LogP contribution in [0.2, 0.25) is 0 Å². The van der Waals surface area contributed by atoms with Gasteiger partial charge in [-0.25, -0.2) is 0 Å². The average Bonchev–Trinajstić information content (AvgIpc) is 2.24. The molecule has 0 aliphatic heterocycles. The first-order valence-corrected chi connectivity index (χ1v) is 4.85. The lowest BCUT2D eigenvalue weighted by Crippen LogP contribution is -2.38. The second-order valence-corrected chi connectivity index (χ2v) is 3.82. The highest BCUT2D eigenvalue weighted by molar-refractivity contribution is 5.90. The lowest BCUT2D eigenvalue weighted by molar-refractivity contribution is -0.141. The van der Waals surface area contributed by atoms with Gasteiger partial charge in [0.25, 0.3) is 0 Å². The van der Waals surface area contributed by atoms with E-state index in [1.54, 1.807) is 7.11 Å². The number of hydrogen-bond donors (Lipinski definition) is 0. The van der Waals surface area contributed by atoms with E-state index >= 15 is 0 Å². The van der Waals surface area contributed by atoms with Gasteiger partial charge in [-0.2, -0.15) is 0 Å². The van der Waals surface area contributed by atoms with E-state index in [9.17, 15) is 4.79 Å². The number of aryl methyl sites for hydroxylation is 1. The molecule has 1 aliphatic carbocycles. The van der Waals surface area contributed by atoms with Crippen LogP contribution in [0.25, 0.3) is 0 Å². The van der Waals surface area contributed by atoms with Gasteiger partial charge in [-0.05, 0) is 24.5 Å². The highest BCUT2D eigenvalue weighted by atomic mass is 16.5. The minimum atomic E-state index is -0.727. The van der Waals surface area contributed by atoms with Crippen molar-refractivity contribution in [2.24, 2.45) is 0 Å². The molecule has 1 aliphatic rings. The van der Waals surface area contributed by atoms with Gasteiger partial charge < -0.3 is 4.74 Å². The van der Waals surface area contributed by atoms with Gasteiger partial charge in [0.15, 0.2) is 5.78 Å². The van der Waals surface area contributed by atoms with Crippen molar-refractivity contribution >= 4 is 5.78 Å². The van der Waals surface area contributed by atoms with Crippen LogP contribution < -0.4 is 0 Å². The first-order chi connectivity index (χ1) is 6.68. The number of rotatable bonds is 1. The minimum Gasteiger partial charge on any atom is -0.366 e. The predicted octanol–water partition coefficient (Wildman–Crippen LogP) is 2.06. The number of Topliss-reactive ketones (excluding diaryl/α,β-unsaturated/α-hetero) is 1. The predicted molar refractivity (Wildman–Crippen MR) is 54.1 cm³/mol. The summed E-state index contributed by atoms with van der Waals surface area (Å²) in [5, 5.41) is 0. The maximum atomic E-state index is 11.8. The standard InChI is InChI=1S/C12H14O2/c1-12(14-2)10-6-4-3-5-9(10)7-8-11(12)13/h3-6H,7-8H2,1-2H3. The largest absolute Gasteiger partial charge is 0.366 e. The summed E-state index contributed by atoms with van der Waals surface area (Å²) in [6, 6.07) is 8.01. The maximum absolute atomic E-state index is 11.8. The van der Waals surface area contributed by atoms with Crippen molar-refractivity contribution in [2.75, 3.05) is 7.11 Å². The van der Waals surface area contributed by atoms with Gasteiger partial charge in [-0.1, -0.05) is 24.3 Å². The molecule has 1 atom stereocenters. The molecule has 0 heterocycles. The Balaban J connectivity index is 2.57. The SMILES string of the molecule is COC1(C)C(=O)CCc2ccccc21. The van der Waals surface area contributed by atoms with E-state index in [1.165, 1.54) is 5.56 Å². The number of ketones is 1. The Hall–Kier alpha value is -1.15. The summed E-state index contributed by atoms with van der Waals surface area (Å²) in [6.45, 7) is 1.85. The number of hydrogen-bond acceptors (Lipinski definition) is 2. The number of fused-ring (bicyclic) bond motifs is 1. The molecular formula is C12H14O2. The quantitative estimate of drug-likeness (QED) is 0.677. The molecule has 2 rings (SSSR count). The summed E-state index contributed by atoms with van der Waals surface area (Å²) in [7, 11) is 1.60. The molecule has 1 aromatic rings. The number of benzene rings is 1. The van der Waals surface area contributed by atoms with E-state index in [0.717, 1.165) is 12.0 Å². The monoisotopic (exact) mass is 190 g/mol. The lowest BCUT2D eigenvalue weighted by atomic mass is 9.79. The Labute approximate surface area is 83.9 Å². The van der Waals surface area contributed by atoms with Gasteiger partial charge in [0.1, 0.15) is 5.60 Å². The number of carbonyl (C=O) groups excluding carboxylic acids is 1. The van der Waals surface area contributed by atoms with Crippen molar-refractivity contribution < 1.29 is 9.53 Å². The van der Waals surface area contributed by atoms with Gasteiger partial charge in [-0.15, -0.1) is 0 Å². The average molecular weight is 190 g/mol. The van der Waals surface area contributed by atoms with Crippen molar-refractivity contribution in [1.29, 1.82) is 0 Å². The molecule has 1 aromatic carbocycles. The molecule has 0 aromatic heterocycles. The third kappa shape index (κ3) is 1.18. The van der Waals surface area contributed by atoms with Crippen molar-refractivity contribution in [3.63, 3.8) is 0 Å². The van der Waals surface area contributed by atoms with Crippen LogP contribution in [0.4, 0.5) is 0 Å². The molecule has 0 amide bonds. The molecule has 1 unspecified atom stereocenters. The molecule has 0 radical (unpaired) electrons. The van der Waals surface area contributed by atoms with Crippen molar-refractivity contribution in [1.82, 2.24) is 0 Å². The fourth-order valence-electron chi connectivity index (χ4n) is 2.06. The molecule has 0 bridgehead atoms. The molecule has 0 N–H and O–H groups in total. The van der Waals surface area contributed by atoms with Gasteiger partial charge in [-0.3, -0.25) is 4.79 Å². The fraction of sp³-hybridized carbons (Fsp3) is 0.417. The molecular weight excluding hydrogens is 176 g/mol. The van der Waals surface area contributed by atoms with Crippen LogP contribution in [0.15, 0.2) is 24.3 Å². The minimum absolute atomic E-state index is 0.179. The Morgan fingerprint density at radius 2 is 2.00 bits per heavy atom. The Bertz CT molecular complexity index is 370. The Morgan fingerprint density at radius 1 is 1.29 bits per heavy atom. The lowest BCUT2D eigenvalue weighted by Gasteiger charge is -2.33. The molecule has 2 nitrogen and oxygen atoms in total. The summed E-state index contributed by atoms with van der Waals surface area (Å²) in [6.07, 6.45) is 1.43. The smallest absolute Gasteiger partial charge is 0.169 e. The molecule has 74 valence electrons. The third-order valence-corrected chi connectivity index (χ3v) is 3.09. The van der Waals surface area contributed by atoms with Crippen LogP contribution in [0.3, 0.4) is 0 Å². The molecule has 0 saturated heterocycles. The maximum Gasteiger partial charge on any atom is 0.169 e. The van der Waals surface area contributed by atoms with Crippen LogP contribution >= 0.6 is 0 Å². The van der Waals surface area contributed by atoms with E-state index in [1.807, 2.05) is 25.1 Å². The number of methoxy groups -OCH3 is 1. The van der Waals surface area contributed by atoms with Crippen LogP contribution in [0.1, 0.15) is 24.5 Å². The topological polar surface area (TPSA) is 26.3 Å². The summed E-state index contributed by atoms with van der Waals surface area (Å²) >= 11 is 0. The highest BCUT2D eigenvalue weighted by Gasteiger charge is 2.39. The molecule has 0 fully saturated rings. The number of carbonyl (C=O) groups is 1.